The van der Waals surface area contributed by atoms with Gasteiger partial charge in [-0.15, -0.1) is 0 Å². The van der Waals surface area contributed by atoms with E-state index < -0.39 is 0 Å². The topological polar surface area (TPSA) is 70.7 Å². The molecule has 0 radical (unpaired) electrons. The molecule has 0 unspecified atom stereocenters. The van der Waals surface area contributed by atoms with Crippen LogP contribution in [0.5, 0.6) is 0 Å². The average Bonchev–Trinajstić information content (AvgIpc) is 2.94. The van der Waals surface area contributed by atoms with Gasteiger partial charge in [0, 0.05) is 11.4 Å². The van der Waals surface area contributed by atoms with Crippen molar-refractivity contribution in [2.24, 2.45) is 5.92 Å². The third kappa shape index (κ3) is 3.71. The van der Waals surface area contributed by atoms with Crippen LogP contribution >= 0.6 is 0 Å². The van der Waals surface area contributed by atoms with Gasteiger partial charge in [-0.2, -0.15) is 5.10 Å². The number of nitrogens with zero attached hydrogens (tertiary/aromatic N) is 2. The lowest BCUT2D eigenvalue weighted by atomic mass is 9.96. The van der Waals surface area contributed by atoms with Crippen molar-refractivity contribution in [3.63, 3.8) is 0 Å². The highest BCUT2D eigenvalue weighted by molar-refractivity contribution is 6.06. The van der Waals surface area contributed by atoms with E-state index in [1.807, 2.05) is 38.1 Å². The smallest absolute Gasteiger partial charge is 0.252 e. The van der Waals surface area contributed by atoms with Gasteiger partial charge in [-0.3, -0.25) is 9.89 Å². The average molecular weight is 336 g/mol. The third-order valence-corrected chi connectivity index (χ3v) is 4.29. The lowest BCUT2D eigenvalue weighted by molar-refractivity contribution is 0.0933. The summed E-state index contributed by atoms with van der Waals surface area (Å²) in [6.45, 7) is 8.11. The van der Waals surface area contributed by atoms with Gasteiger partial charge < -0.3 is 5.32 Å². The molecule has 0 aliphatic heterocycles. The number of pyridine rings is 1. The second-order valence-corrected chi connectivity index (χ2v) is 6.92. The molecule has 1 aromatic carbocycles. The van der Waals surface area contributed by atoms with Crippen LogP contribution in [0.15, 0.2) is 36.4 Å². The summed E-state index contributed by atoms with van der Waals surface area (Å²) in [5, 5.41) is 11.1. The zero-order valence-electron chi connectivity index (χ0n) is 15.1. The zero-order chi connectivity index (χ0) is 18.0. The standard InChI is InChI=1S/C20H24N4O/c1-12(2)10-17(15-8-6-5-7-9-15)22-20(25)16-11-13(3)21-19-18(16)14(4)23-24-19/h5-9,11-12,17H,10H2,1-4H3,(H,22,25)(H,21,23,24)/t17-/m1/s1. The molecule has 1 atom stereocenters. The maximum atomic E-state index is 13.0. The van der Waals surface area contributed by atoms with Crippen LogP contribution in [0.4, 0.5) is 0 Å². The van der Waals surface area contributed by atoms with E-state index in [-0.39, 0.29) is 11.9 Å². The number of aryl methyl sites for hydroxylation is 2. The van der Waals surface area contributed by atoms with Crippen molar-refractivity contribution in [2.75, 3.05) is 0 Å². The fourth-order valence-electron chi connectivity index (χ4n) is 3.15. The van der Waals surface area contributed by atoms with E-state index in [0.717, 1.165) is 28.8 Å². The number of benzene rings is 1. The highest BCUT2D eigenvalue weighted by atomic mass is 16.1. The summed E-state index contributed by atoms with van der Waals surface area (Å²) in [6, 6.07) is 11.9. The minimum absolute atomic E-state index is 0.0237. The Balaban J connectivity index is 1.96. The van der Waals surface area contributed by atoms with Gasteiger partial charge in [0.2, 0.25) is 0 Å². The van der Waals surface area contributed by atoms with Crippen LogP contribution in [0.2, 0.25) is 0 Å². The third-order valence-electron chi connectivity index (χ3n) is 4.29. The van der Waals surface area contributed by atoms with Crippen molar-refractivity contribution in [1.29, 1.82) is 0 Å². The lowest BCUT2D eigenvalue weighted by Gasteiger charge is -2.21. The number of H-pyrrole nitrogens is 1. The van der Waals surface area contributed by atoms with E-state index in [1.165, 1.54) is 0 Å². The van der Waals surface area contributed by atoms with Gasteiger partial charge in [0.25, 0.3) is 5.91 Å². The molecule has 0 aliphatic carbocycles. The Morgan fingerprint density at radius 1 is 1.20 bits per heavy atom. The number of carbonyl (C=O) groups is 1. The van der Waals surface area contributed by atoms with Crippen LogP contribution in [-0.2, 0) is 0 Å². The molecule has 0 aliphatic rings. The first-order valence-corrected chi connectivity index (χ1v) is 8.64. The van der Waals surface area contributed by atoms with E-state index in [1.54, 1.807) is 0 Å². The maximum Gasteiger partial charge on any atom is 0.252 e. The number of aromatic amines is 1. The molecule has 2 heterocycles. The summed E-state index contributed by atoms with van der Waals surface area (Å²) in [6.07, 6.45) is 0.882. The predicted molar refractivity (Wildman–Crippen MR) is 99.5 cm³/mol. The molecule has 0 saturated heterocycles. The summed E-state index contributed by atoms with van der Waals surface area (Å²) in [4.78, 5) is 17.4. The maximum absolute atomic E-state index is 13.0. The molecule has 5 nitrogen and oxygen atoms in total. The van der Waals surface area contributed by atoms with Gasteiger partial charge in [0.1, 0.15) is 0 Å². The molecule has 3 aromatic rings. The Morgan fingerprint density at radius 3 is 2.60 bits per heavy atom. The molecular weight excluding hydrogens is 312 g/mol. The Morgan fingerprint density at radius 2 is 1.92 bits per heavy atom. The van der Waals surface area contributed by atoms with Gasteiger partial charge in [-0.05, 0) is 37.8 Å². The van der Waals surface area contributed by atoms with Crippen molar-refractivity contribution in [3.05, 3.63) is 58.9 Å². The molecular formula is C20H24N4O. The van der Waals surface area contributed by atoms with E-state index >= 15 is 0 Å². The second kappa shape index (κ2) is 7.05. The molecule has 25 heavy (non-hydrogen) atoms. The summed E-state index contributed by atoms with van der Waals surface area (Å²) in [7, 11) is 0. The monoisotopic (exact) mass is 336 g/mol. The highest BCUT2D eigenvalue weighted by Gasteiger charge is 2.21. The molecule has 1 amide bonds. The van der Waals surface area contributed by atoms with E-state index in [0.29, 0.717) is 17.1 Å². The summed E-state index contributed by atoms with van der Waals surface area (Å²) >= 11 is 0. The van der Waals surface area contributed by atoms with E-state index in [4.69, 9.17) is 0 Å². The molecule has 0 bridgehead atoms. The fourth-order valence-corrected chi connectivity index (χ4v) is 3.15. The molecule has 5 heteroatoms. The van der Waals surface area contributed by atoms with Gasteiger partial charge >= 0.3 is 0 Å². The van der Waals surface area contributed by atoms with Gasteiger partial charge in [0.15, 0.2) is 5.65 Å². The van der Waals surface area contributed by atoms with E-state index in [9.17, 15) is 4.79 Å². The van der Waals surface area contributed by atoms with Crippen LogP contribution in [0, 0.1) is 19.8 Å². The van der Waals surface area contributed by atoms with Crippen molar-refractivity contribution >= 4 is 16.9 Å². The second-order valence-electron chi connectivity index (χ2n) is 6.92. The number of amides is 1. The highest BCUT2D eigenvalue weighted by Crippen LogP contribution is 2.24. The molecule has 130 valence electrons. The largest absolute Gasteiger partial charge is 0.345 e. The molecule has 0 fully saturated rings. The summed E-state index contributed by atoms with van der Waals surface area (Å²) in [5.74, 6) is 0.384. The van der Waals surface area contributed by atoms with Crippen molar-refractivity contribution < 1.29 is 4.79 Å². The van der Waals surface area contributed by atoms with Crippen molar-refractivity contribution in [3.8, 4) is 0 Å². The van der Waals surface area contributed by atoms with Gasteiger partial charge in [-0.25, -0.2) is 4.98 Å². The lowest BCUT2D eigenvalue weighted by Crippen LogP contribution is -2.29. The number of hydrogen-bond acceptors (Lipinski definition) is 3. The van der Waals surface area contributed by atoms with Gasteiger partial charge in [-0.1, -0.05) is 44.2 Å². The normalized spacial score (nSPS) is 12.5. The van der Waals surface area contributed by atoms with Crippen molar-refractivity contribution in [1.82, 2.24) is 20.5 Å². The summed E-state index contributed by atoms with van der Waals surface area (Å²) < 4.78 is 0. The summed E-state index contributed by atoms with van der Waals surface area (Å²) in [5.41, 5.74) is 3.97. The molecule has 2 aromatic heterocycles. The van der Waals surface area contributed by atoms with Crippen LogP contribution in [0.25, 0.3) is 11.0 Å². The first-order valence-electron chi connectivity index (χ1n) is 8.64. The van der Waals surface area contributed by atoms with Crippen LogP contribution < -0.4 is 5.32 Å². The quantitative estimate of drug-likeness (QED) is 0.737. The Hall–Kier alpha value is -2.69. The van der Waals surface area contributed by atoms with Crippen molar-refractivity contribution in [2.45, 2.75) is 40.2 Å². The van der Waals surface area contributed by atoms with Gasteiger partial charge in [0.05, 0.1) is 17.0 Å². The number of aromatic nitrogens is 3. The zero-order valence-corrected chi connectivity index (χ0v) is 15.1. The molecule has 2 N–H and O–H groups in total. The Kier molecular flexibility index (Phi) is 4.83. The number of carbonyl (C=O) groups excluding carboxylic acids is 1. The van der Waals surface area contributed by atoms with E-state index in [2.05, 4.69) is 46.5 Å². The SMILES string of the molecule is Cc1cc(C(=O)N[C@H](CC(C)C)c2ccccc2)c2c(C)[nH]nc2n1. The molecule has 0 spiro atoms. The number of fused-ring (bicyclic) bond motifs is 1. The first kappa shape index (κ1) is 17.1. The van der Waals surface area contributed by atoms with Crippen LogP contribution in [-0.4, -0.2) is 21.1 Å². The number of rotatable bonds is 5. The predicted octanol–water partition coefficient (Wildman–Crippen LogP) is 4.09. The molecule has 3 rings (SSSR count). The fraction of sp³-hybridized carbons (Fsp3) is 0.350. The Bertz CT molecular complexity index is 883. The molecule has 0 saturated carbocycles. The minimum atomic E-state index is -0.0884. The Labute approximate surface area is 147 Å². The number of nitrogens with one attached hydrogen (secondary N) is 2. The van der Waals surface area contributed by atoms with Crippen LogP contribution in [0.3, 0.4) is 0 Å². The van der Waals surface area contributed by atoms with Crippen LogP contribution in [0.1, 0.15) is 53.6 Å². The minimum Gasteiger partial charge on any atom is -0.345 e. The first-order chi connectivity index (χ1) is 12.0. The number of hydrogen-bond donors (Lipinski definition) is 2.